The molecule has 7 heteroatoms. The maximum absolute atomic E-state index is 10.9. The van der Waals surface area contributed by atoms with E-state index < -0.39 is 5.97 Å². The minimum Gasteiger partial charge on any atom is -0.507 e. The molecule has 5 nitrogen and oxygen atoms in total. The van der Waals surface area contributed by atoms with Crippen molar-refractivity contribution >= 4 is 40.7 Å². The van der Waals surface area contributed by atoms with Crippen LogP contribution in [-0.4, -0.2) is 21.4 Å². The molecule has 3 N–H and O–H groups in total. The summed E-state index contributed by atoms with van der Waals surface area (Å²) < 4.78 is 5.36. The van der Waals surface area contributed by atoms with Crippen molar-refractivity contribution < 1.29 is 19.7 Å². The smallest absolute Gasteiger partial charge is 0.339 e. The number of aromatic hydroxyl groups is 1. The van der Waals surface area contributed by atoms with Gasteiger partial charge in [-0.25, -0.2) is 4.79 Å². The average molecular weight is 324 g/mol. The predicted molar refractivity (Wildman–Crippen MR) is 83.4 cm³/mol. The van der Waals surface area contributed by atoms with Gasteiger partial charge in [0.1, 0.15) is 17.1 Å². The summed E-state index contributed by atoms with van der Waals surface area (Å²) in [6.07, 6.45) is 0. The number of thiocarbonyl (C=S) groups is 1. The van der Waals surface area contributed by atoms with Crippen molar-refractivity contribution in [2.45, 2.75) is 0 Å². The number of hydrogen-bond acceptors (Lipinski definition) is 4. The standard InChI is InChI=1S/C14H10ClNO4S/c15-8-1-4-10(5-2-8)20-14(21)16-9-3-6-12(17)11(7-9)13(18)19/h1-7,17H,(H,16,21)(H,18,19). The van der Waals surface area contributed by atoms with Crippen LogP contribution in [0.4, 0.5) is 5.69 Å². The molecular weight excluding hydrogens is 314 g/mol. The number of carboxylic acid groups (broad SMARTS) is 1. The lowest BCUT2D eigenvalue weighted by molar-refractivity contribution is 0.0694. The fraction of sp³-hybridized carbons (Fsp3) is 0. The van der Waals surface area contributed by atoms with E-state index in [1.54, 1.807) is 24.3 Å². The highest BCUT2D eigenvalue weighted by atomic mass is 35.5. The number of phenols is 1. The minimum atomic E-state index is -1.24. The summed E-state index contributed by atoms with van der Waals surface area (Å²) in [6.45, 7) is 0. The second kappa shape index (κ2) is 6.43. The van der Waals surface area contributed by atoms with Crippen LogP contribution < -0.4 is 10.1 Å². The largest absolute Gasteiger partial charge is 0.507 e. The number of aromatic carboxylic acids is 1. The van der Waals surface area contributed by atoms with Crippen molar-refractivity contribution in [1.82, 2.24) is 0 Å². The Kier molecular flexibility index (Phi) is 4.62. The molecule has 0 heterocycles. The fourth-order valence-electron chi connectivity index (χ4n) is 1.54. The van der Waals surface area contributed by atoms with Crippen LogP contribution in [0, 0.1) is 0 Å². The third-order valence-corrected chi connectivity index (χ3v) is 2.93. The molecule has 2 aromatic rings. The van der Waals surface area contributed by atoms with Gasteiger partial charge in [0, 0.05) is 10.7 Å². The van der Waals surface area contributed by atoms with Gasteiger partial charge in [0.05, 0.1) is 0 Å². The first-order chi connectivity index (χ1) is 9.95. The molecule has 0 radical (unpaired) electrons. The first-order valence-electron chi connectivity index (χ1n) is 5.76. The molecule has 0 amide bonds. The van der Waals surface area contributed by atoms with Gasteiger partial charge in [0.2, 0.25) is 0 Å². The molecule has 0 spiro atoms. The Morgan fingerprint density at radius 1 is 1.19 bits per heavy atom. The molecule has 0 unspecified atom stereocenters. The minimum absolute atomic E-state index is 0.0411. The van der Waals surface area contributed by atoms with E-state index in [9.17, 15) is 9.90 Å². The van der Waals surface area contributed by atoms with E-state index >= 15 is 0 Å². The molecule has 2 aromatic carbocycles. The van der Waals surface area contributed by atoms with Gasteiger partial charge in [-0.3, -0.25) is 0 Å². The lowest BCUT2D eigenvalue weighted by atomic mass is 10.2. The summed E-state index contributed by atoms with van der Waals surface area (Å²) in [5.41, 5.74) is 0.165. The molecule has 0 aromatic heterocycles. The Morgan fingerprint density at radius 3 is 2.48 bits per heavy atom. The lowest BCUT2D eigenvalue weighted by Crippen LogP contribution is -2.16. The average Bonchev–Trinajstić information content (AvgIpc) is 2.43. The van der Waals surface area contributed by atoms with Crippen LogP contribution in [0.1, 0.15) is 10.4 Å². The number of nitrogens with one attached hydrogen (secondary N) is 1. The number of rotatable bonds is 3. The summed E-state index contributed by atoms with van der Waals surface area (Å²) in [5.74, 6) is -1.06. The number of halogens is 1. The van der Waals surface area contributed by atoms with E-state index in [-0.39, 0.29) is 16.5 Å². The van der Waals surface area contributed by atoms with E-state index in [1.807, 2.05) is 0 Å². The Bertz CT molecular complexity index is 688. The highest BCUT2D eigenvalue weighted by molar-refractivity contribution is 7.80. The summed E-state index contributed by atoms with van der Waals surface area (Å²) in [5, 5.41) is 21.7. The number of carboxylic acids is 1. The summed E-state index contributed by atoms with van der Waals surface area (Å²) in [4.78, 5) is 10.9. The summed E-state index contributed by atoms with van der Waals surface area (Å²) in [7, 11) is 0. The van der Waals surface area contributed by atoms with E-state index in [0.717, 1.165) is 0 Å². The van der Waals surface area contributed by atoms with Crippen LogP contribution in [0.15, 0.2) is 42.5 Å². The Morgan fingerprint density at radius 2 is 1.86 bits per heavy atom. The van der Waals surface area contributed by atoms with Gasteiger partial charge in [-0.2, -0.15) is 0 Å². The molecule has 0 bridgehead atoms. The molecule has 21 heavy (non-hydrogen) atoms. The van der Waals surface area contributed by atoms with Crippen molar-refractivity contribution in [3.63, 3.8) is 0 Å². The molecule has 0 saturated heterocycles. The van der Waals surface area contributed by atoms with Gasteiger partial charge >= 0.3 is 5.97 Å². The zero-order valence-electron chi connectivity index (χ0n) is 10.5. The molecule has 2 rings (SSSR count). The van der Waals surface area contributed by atoms with Crippen molar-refractivity contribution in [3.05, 3.63) is 53.1 Å². The normalized spacial score (nSPS) is 9.95. The molecule has 0 aliphatic carbocycles. The quantitative estimate of drug-likeness (QED) is 0.592. The van der Waals surface area contributed by atoms with E-state index in [2.05, 4.69) is 5.32 Å². The SMILES string of the molecule is O=C(O)c1cc(NC(=S)Oc2ccc(Cl)cc2)ccc1O. The zero-order valence-corrected chi connectivity index (χ0v) is 12.1. The zero-order chi connectivity index (χ0) is 15.4. The molecule has 0 fully saturated rings. The van der Waals surface area contributed by atoms with Gasteiger partial charge in [-0.1, -0.05) is 11.6 Å². The van der Waals surface area contributed by atoms with Gasteiger partial charge in [-0.15, -0.1) is 0 Å². The Hall–Kier alpha value is -2.31. The topological polar surface area (TPSA) is 78.8 Å². The first-order valence-corrected chi connectivity index (χ1v) is 6.55. The molecule has 0 atom stereocenters. The monoisotopic (exact) mass is 323 g/mol. The number of carbonyl (C=O) groups is 1. The molecular formula is C14H10ClNO4S. The predicted octanol–water partition coefficient (Wildman–Crippen LogP) is 3.52. The maximum Gasteiger partial charge on any atom is 0.339 e. The molecule has 0 saturated carbocycles. The number of anilines is 1. The number of benzene rings is 2. The fourth-order valence-corrected chi connectivity index (χ4v) is 1.88. The summed E-state index contributed by atoms with van der Waals surface area (Å²) in [6, 6.07) is 10.6. The Balaban J connectivity index is 2.07. The highest BCUT2D eigenvalue weighted by Crippen LogP contribution is 2.22. The number of hydrogen-bond donors (Lipinski definition) is 3. The van der Waals surface area contributed by atoms with Crippen LogP contribution in [0.25, 0.3) is 0 Å². The highest BCUT2D eigenvalue weighted by Gasteiger charge is 2.11. The first kappa shape index (κ1) is 15.1. The van der Waals surface area contributed by atoms with E-state index in [0.29, 0.717) is 16.5 Å². The summed E-state index contributed by atoms with van der Waals surface area (Å²) >= 11 is 10.8. The molecule has 108 valence electrons. The van der Waals surface area contributed by atoms with Crippen LogP contribution in [0.5, 0.6) is 11.5 Å². The second-order valence-electron chi connectivity index (χ2n) is 4.01. The van der Waals surface area contributed by atoms with Crippen LogP contribution in [0.3, 0.4) is 0 Å². The van der Waals surface area contributed by atoms with Crippen LogP contribution in [0.2, 0.25) is 5.02 Å². The third-order valence-electron chi connectivity index (χ3n) is 2.50. The van der Waals surface area contributed by atoms with Gasteiger partial charge in [0.15, 0.2) is 0 Å². The number of ether oxygens (including phenoxy) is 1. The van der Waals surface area contributed by atoms with E-state index in [1.165, 1.54) is 18.2 Å². The van der Waals surface area contributed by atoms with Gasteiger partial charge in [0.25, 0.3) is 5.17 Å². The lowest BCUT2D eigenvalue weighted by Gasteiger charge is -2.10. The second-order valence-corrected chi connectivity index (χ2v) is 4.81. The van der Waals surface area contributed by atoms with Crippen molar-refractivity contribution in [3.8, 4) is 11.5 Å². The van der Waals surface area contributed by atoms with Gasteiger partial charge < -0.3 is 20.3 Å². The molecule has 0 aliphatic rings. The van der Waals surface area contributed by atoms with E-state index in [4.69, 9.17) is 33.7 Å². The maximum atomic E-state index is 10.9. The van der Waals surface area contributed by atoms with Crippen molar-refractivity contribution in [2.75, 3.05) is 5.32 Å². The van der Waals surface area contributed by atoms with Crippen LogP contribution >= 0.6 is 23.8 Å². The Labute approximate surface area is 130 Å². The van der Waals surface area contributed by atoms with Crippen molar-refractivity contribution in [2.24, 2.45) is 0 Å². The van der Waals surface area contributed by atoms with Gasteiger partial charge in [-0.05, 0) is 54.7 Å². The third kappa shape index (κ3) is 4.08. The van der Waals surface area contributed by atoms with Crippen molar-refractivity contribution in [1.29, 1.82) is 0 Å². The molecule has 0 aliphatic heterocycles. The van der Waals surface area contributed by atoms with Crippen LogP contribution in [-0.2, 0) is 0 Å².